The van der Waals surface area contributed by atoms with E-state index in [2.05, 4.69) is 12.2 Å². The summed E-state index contributed by atoms with van der Waals surface area (Å²) in [6.07, 6.45) is -1.44. The summed E-state index contributed by atoms with van der Waals surface area (Å²) in [5.41, 5.74) is 1.13. The summed E-state index contributed by atoms with van der Waals surface area (Å²) in [7, 11) is 0. The van der Waals surface area contributed by atoms with Crippen LogP contribution in [0.3, 0.4) is 0 Å². The van der Waals surface area contributed by atoms with Crippen LogP contribution in [0, 0.1) is 0 Å². The van der Waals surface area contributed by atoms with Crippen molar-refractivity contribution in [3.05, 3.63) is 29.8 Å². The molecule has 0 aromatic heterocycles. The van der Waals surface area contributed by atoms with E-state index in [0.29, 0.717) is 13.1 Å². The summed E-state index contributed by atoms with van der Waals surface area (Å²) in [6.45, 7) is 4.12. The number of carboxylic acid groups (broad SMARTS) is 2. The number of ether oxygens (including phenoxy) is 1. The van der Waals surface area contributed by atoms with Crippen molar-refractivity contribution >= 4 is 11.9 Å². The van der Waals surface area contributed by atoms with Gasteiger partial charge in [0.25, 0.3) is 0 Å². The second kappa shape index (κ2) is 13.0. The lowest BCUT2D eigenvalue weighted by Gasteiger charge is -2.07. The van der Waals surface area contributed by atoms with Crippen LogP contribution in [-0.4, -0.2) is 41.5 Å². The maximum absolute atomic E-state index is 10.6. The van der Waals surface area contributed by atoms with Gasteiger partial charge in [-0.25, -0.2) is 4.79 Å². The molecule has 0 unspecified atom stereocenters. The Labute approximate surface area is 150 Å². The number of nitrogens with one attached hydrogen (secondary N) is 1. The van der Waals surface area contributed by atoms with Crippen molar-refractivity contribution in [3.63, 3.8) is 0 Å². The number of hydrogen-bond acceptors (Lipinski definition) is 4. The molecule has 1 aromatic carbocycles. The fourth-order valence-electron chi connectivity index (χ4n) is 1.67. The van der Waals surface area contributed by atoms with Gasteiger partial charge in [0, 0.05) is 13.1 Å². The molecule has 3 N–H and O–H groups in total. The van der Waals surface area contributed by atoms with Gasteiger partial charge in [-0.05, 0) is 24.1 Å². The minimum absolute atomic E-state index is 0.151. The van der Waals surface area contributed by atoms with Crippen LogP contribution in [-0.2, 0) is 16.1 Å². The molecular weight excluding hydrogens is 355 g/mol. The number of unbranched alkanes of at least 4 members (excludes halogenated alkanes) is 2. The first-order chi connectivity index (χ1) is 12.2. The van der Waals surface area contributed by atoms with E-state index in [1.54, 1.807) is 0 Å². The first-order valence-electron chi connectivity index (χ1n) is 8.11. The molecule has 0 heterocycles. The van der Waals surface area contributed by atoms with Gasteiger partial charge in [-0.15, -0.1) is 0 Å². The lowest BCUT2D eigenvalue weighted by Crippen LogP contribution is -2.21. The average molecular weight is 379 g/mol. The number of carbonyl (C=O) groups is 2. The lowest BCUT2D eigenvalue weighted by molar-refractivity contribution is -0.192. The Morgan fingerprint density at radius 2 is 1.69 bits per heavy atom. The van der Waals surface area contributed by atoms with Crippen LogP contribution in [0.2, 0.25) is 0 Å². The van der Waals surface area contributed by atoms with Gasteiger partial charge in [-0.2, -0.15) is 13.2 Å². The largest absolute Gasteiger partial charge is 0.494 e. The molecule has 1 rings (SSSR count). The third-order valence-electron chi connectivity index (χ3n) is 3.03. The molecule has 6 nitrogen and oxygen atoms in total. The molecular formula is C17H24F3NO5. The van der Waals surface area contributed by atoms with Crippen molar-refractivity contribution in [1.82, 2.24) is 5.32 Å². The van der Waals surface area contributed by atoms with Gasteiger partial charge in [0.1, 0.15) is 5.75 Å². The number of benzene rings is 1. The zero-order chi connectivity index (χ0) is 20.0. The van der Waals surface area contributed by atoms with E-state index < -0.39 is 18.1 Å². The van der Waals surface area contributed by atoms with Gasteiger partial charge in [0.05, 0.1) is 13.0 Å². The third-order valence-corrected chi connectivity index (χ3v) is 3.03. The van der Waals surface area contributed by atoms with E-state index in [1.807, 2.05) is 24.3 Å². The molecule has 0 saturated carbocycles. The second-order valence-corrected chi connectivity index (χ2v) is 5.32. The minimum atomic E-state index is -5.08. The van der Waals surface area contributed by atoms with Gasteiger partial charge in [-0.1, -0.05) is 31.9 Å². The van der Waals surface area contributed by atoms with E-state index in [9.17, 15) is 18.0 Å². The number of rotatable bonds is 10. The molecule has 0 radical (unpaired) electrons. The summed E-state index contributed by atoms with van der Waals surface area (Å²) >= 11 is 0. The van der Waals surface area contributed by atoms with Crippen molar-refractivity contribution < 1.29 is 37.7 Å². The molecule has 0 fully saturated rings. The third kappa shape index (κ3) is 13.1. The van der Waals surface area contributed by atoms with Crippen molar-refractivity contribution in [1.29, 1.82) is 0 Å². The zero-order valence-electron chi connectivity index (χ0n) is 14.5. The normalized spacial score (nSPS) is 10.6. The van der Waals surface area contributed by atoms with Crippen LogP contribution in [0.25, 0.3) is 0 Å². The predicted molar refractivity (Wildman–Crippen MR) is 89.1 cm³/mol. The fraction of sp³-hybridized carbons (Fsp3) is 0.529. The number of halogens is 3. The van der Waals surface area contributed by atoms with Crippen LogP contribution in [0.5, 0.6) is 5.75 Å². The number of hydrogen-bond donors (Lipinski definition) is 3. The van der Waals surface area contributed by atoms with Crippen LogP contribution in [0.15, 0.2) is 24.3 Å². The number of carboxylic acids is 2. The maximum Gasteiger partial charge on any atom is 0.490 e. The SMILES string of the molecule is CCCCCOc1ccc(CNCCC(=O)O)cc1.O=C(O)C(F)(F)F. The first-order valence-corrected chi connectivity index (χ1v) is 8.11. The molecule has 9 heteroatoms. The van der Waals surface area contributed by atoms with Gasteiger partial charge in [-0.3, -0.25) is 4.79 Å². The van der Waals surface area contributed by atoms with Crippen LogP contribution >= 0.6 is 0 Å². The van der Waals surface area contributed by atoms with E-state index >= 15 is 0 Å². The van der Waals surface area contributed by atoms with Crippen LogP contribution in [0.4, 0.5) is 13.2 Å². The molecule has 0 aliphatic carbocycles. The standard InChI is InChI=1S/C15H23NO3.C2HF3O2/c1-2-3-4-11-19-14-7-5-13(6-8-14)12-16-10-9-15(17)18;3-2(4,5)1(6)7/h5-8,16H,2-4,9-12H2,1H3,(H,17,18);(H,6,7). The molecule has 0 aliphatic heterocycles. The Hall–Kier alpha value is -2.29. The highest BCUT2D eigenvalue weighted by Crippen LogP contribution is 2.13. The number of aliphatic carboxylic acids is 2. The summed E-state index contributed by atoms with van der Waals surface area (Å²) in [5.74, 6) is -2.64. The molecule has 148 valence electrons. The monoisotopic (exact) mass is 379 g/mol. The fourth-order valence-corrected chi connectivity index (χ4v) is 1.67. The Kier molecular flexibility index (Phi) is 11.8. The van der Waals surface area contributed by atoms with Crippen LogP contribution in [0.1, 0.15) is 38.2 Å². The van der Waals surface area contributed by atoms with Gasteiger partial charge >= 0.3 is 18.1 Å². The Balaban J connectivity index is 0.000000758. The minimum Gasteiger partial charge on any atom is -0.494 e. The van der Waals surface area contributed by atoms with E-state index in [4.69, 9.17) is 19.7 Å². The zero-order valence-corrected chi connectivity index (χ0v) is 14.5. The maximum atomic E-state index is 10.6. The van der Waals surface area contributed by atoms with E-state index in [0.717, 1.165) is 24.3 Å². The first kappa shape index (κ1) is 23.7. The van der Waals surface area contributed by atoms with Crippen molar-refractivity contribution in [3.8, 4) is 5.75 Å². The topological polar surface area (TPSA) is 95.9 Å². The summed E-state index contributed by atoms with van der Waals surface area (Å²) in [4.78, 5) is 19.2. The van der Waals surface area contributed by atoms with E-state index in [-0.39, 0.29) is 6.42 Å². The molecule has 0 atom stereocenters. The van der Waals surface area contributed by atoms with E-state index in [1.165, 1.54) is 12.8 Å². The Bertz CT molecular complexity index is 532. The van der Waals surface area contributed by atoms with Crippen LogP contribution < -0.4 is 10.1 Å². The van der Waals surface area contributed by atoms with Gasteiger partial charge in [0.2, 0.25) is 0 Å². The molecule has 0 saturated heterocycles. The molecule has 26 heavy (non-hydrogen) atoms. The molecule has 0 aliphatic rings. The summed E-state index contributed by atoms with van der Waals surface area (Å²) in [6, 6.07) is 7.92. The number of alkyl halides is 3. The average Bonchev–Trinajstić information content (AvgIpc) is 2.56. The molecule has 0 amide bonds. The van der Waals surface area contributed by atoms with Crippen molar-refractivity contribution in [2.75, 3.05) is 13.2 Å². The predicted octanol–water partition coefficient (Wildman–Crippen LogP) is 3.45. The molecule has 0 spiro atoms. The van der Waals surface area contributed by atoms with Crippen molar-refractivity contribution in [2.45, 2.75) is 45.3 Å². The summed E-state index contributed by atoms with van der Waals surface area (Å²) in [5, 5.41) is 18.7. The Morgan fingerprint density at radius 1 is 1.12 bits per heavy atom. The second-order valence-electron chi connectivity index (χ2n) is 5.32. The lowest BCUT2D eigenvalue weighted by atomic mass is 10.2. The van der Waals surface area contributed by atoms with Crippen molar-refractivity contribution in [2.24, 2.45) is 0 Å². The Morgan fingerprint density at radius 3 is 2.15 bits per heavy atom. The quantitative estimate of drug-likeness (QED) is 0.539. The van der Waals surface area contributed by atoms with Gasteiger partial charge < -0.3 is 20.3 Å². The van der Waals surface area contributed by atoms with Gasteiger partial charge in [0.15, 0.2) is 0 Å². The highest BCUT2D eigenvalue weighted by atomic mass is 19.4. The highest BCUT2D eigenvalue weighted by Gasteiger charge is 2.38. The highest BCUT2D eigenvalue weighted by molar-refractivity contribution is 5.73. The molecule has 0 bridgehead atoms. The molecule has 1 aromatic rings. The smallest absolute Gasteiger partial charge is 0.490 e. The summed E-state index contributed by atoms with van der Waals surface area (Å²) < 4.78 is 37.4.